The minimum absolute atomic E-state index is 0.244. The number of nitrogens with one attached hydrogen (secondary N) is 3. The lowest BCUT2D eigenvalue weighted by Gasteiger charge is -2.16. The average molecular weight is 405 g/mol. The Balaban J connectivity index is 1.68. The van der Waals surface area contributed by atoms with Gasteiger partial charge in [0.05, 0.1) is 19.7 Å². The number of amides is 2. The summed E-state index contributed by atoms with van der Waals surface area (Å²) in [6.07, 6.45) is 4.92. The molecule has 0 aliphatic rings. The summed E-state index contributed by atoms with van der Waals surface area (Å²) in [4.78, 5) is 32.2. The SMILES string of the molecule is COc1ccc(C(=O)N[C@@H](Cc2cnc[nH]2)C(=O)N/N=C/c2ccc(C)cc2)cc1. The lowest BCUT2D eigenvalue weighted by molar-refractivity contribution is -0.122. The standard InChI is InChI=1S/C22H23N5O3/c1-15-3-5-16(6-4-15)12-25-27-22(29)20(11-18-13-23-14-24-18)26-21(28)17-7-9-19(30-2)10-8-17/h3-10,12-14,20H,11H2,1-2H3,(H,23,24)(H,26,28)(H,27,29)/b25-12+/t20-/m0/s1. The molecule has 2 aromatic carbocycles. The monoisotopic (exact) mass is 405 g/mol. The molecule has 0 fully saturated rings. The number of hydrazone groups is 1. The van der Waals surface area contributed by atoms with Gasteiger partial charge in [-0.3, -0.25) is 9.59 Å². The van der Waals surface area contributed by atoms with E-state index in [1.54, 1.807) is 43.8 Å². The van der Waals surface area contributed by atoms with Crippen LogP contribution in [0, 0.1) is 6.92 Å². The van der Waals surface area contributed by atoms with Gasteiger partial charge >= 0.3 is 0 Å². The van der Waals surface area contributed by atoms with Crippen molar-refractivity contribution < 1.29 is 14.3 Å². The predicted molar refractivity (Wildman–Crippen MR) is 113 cm³/mol. The molecule has 0 aliphatic carbocycles. The lowest BCUT2D eigenvalue weighted by atomic mass is 10.1. The lowest BCUT2D eigenvalue weighted by Crippen LogP contribution is -2.46. The Hall–Kier alpha value is -3.94. The number of rotatable bonds is 8. The van der Waals surface area contributed by atoms with E-state index in [1.165, 1.54) is 6.33 Å². The molecule has 0 saturated carbocycles. The van der Waals surface area contributed by atoms with E-state index >= 15 is 0 Å². The second-order valence-corrected chi connectivity index (χ2v) is 6.68. The number of methoxy groups -OCH3 is 1. The summed E-state index contributed by atoms with van der Waals surface area (Å²) >= 11 is 0. The molecule has 1 atom stereocenters. The van der Waals surface area contributed by atoms with Crippen molar-refractivity contribution in [2.24, 2.45) is 5.10 Å². The summed E-state index contributed by atoms with van der Waals surface area (Å²) in [6.45, 7) is 1.99. The first kappa shape index (κ1) is 20.8. The second-order valence-electron chi connectivity index (χ2n) is 6.68. The first-order chi connectivity index (χ1) is 14.5. The molecule has 0 saturated heterocycles. The van der Waals surface area contributed by atoms with Crippen LogP contribution in [0.3, 0.4) is 0 Å². The molecule has 8 heteroatoms. The molecular formula is C22H23N5O3. The van der Waals surface area contributed by atoms with Gasteiger partial charge in [0.25, 0.3) is 11.8 Å². The Kier molecular flexibility index (Phi) is 6.94. The topological polar surface area (TPSA) is 108 Å². The molecule has 0 bridgehead atoms. The van der Waals surface area contributed by atoms with Crippen molar-refractivity contribution in [2.45, 2.75) is 19.4 Å². The van der Waals surface area contributed by atoms with Crippen LogP contribution in [0.2, 0.25) is 0 Å². The Morgan fingerprint density at radius 1 is 1.17 bits per heavy atom. The normalized spacial score (nSPS) is 11.8. The maximum atomic E-state index is 12.7. The van der Waals surface area contributed by atoms with Crippen LogP contribution in [0.4, 0.5) is 0 Å². The third-order valence-electron chi connectivity index (χ3n) is 4.42. The van der Waals surface area contributed by atoms with Crippen LogP contribution in [-0.4, -0.2) is 41.1 Å². The van der Waals surface area contributed by atoms with Gasteiger partial charge in [-0.2, -0.15) is 5.10 Å². The van der Waals surface area contributed by atoms with Gasteiger partial charge in [0.2, 0.25) is 0 Å². The number of imidazole rings is 1. The van der Waals surface area contributed by atoms with Crippen molar-refractivity contribution in [1.29, 1.82) is 0 Å². The van der Waals surface area contributed by atoms with E-state index in [-0.39, 0.29) is 12.3 Å². The maximum Gasteiger partial charge on any atom is 0.263 e. The number of hydrogen-bond acceptors (Lipinski definition) is 5. The van der Waals surface area contributed by atoms with Crippen LogP contribution >= 0.6 is 0 Å². The molecule has 0 radical (unpaired) electrons. The summed E-state index contributed by atoms with van der Waals surface area (Å²) in [5, 5.41) is 6.76. The molecule has 3 N–H and O–H groups in total. The first-order valence-corrected chi connectivity index (χ1v) is 9.37. The van der Waals surface area contributed by atoms with E-state index in [4.69, 9.17) is 4.74 Å². The number of hydrogen-bond donors (Lipinski definition) is 3. The number of H-pyrrole nitrogens is 1. The third kappa shape index (κ3) is 5.78. The summed E-state index contributed by atoms with van der Waals surface area (Å²) < 4.78 is 5.10. The van der Waals surface area contributed by atoms with E-state index in [0.717, 1.165) is 11.1 Å². The fourth-order valence-corrected chi connectivity index (χ4v) is 2.71. The maximum absolute atomic E-state index is 12.7. The summed E-state index contributed by atoms with van der Waals surface area (Å²) in [5.74, 6) is -0.168. The van der Waals surface area contributed by atoms with Crippen LogP contribution in [0.5, 0.6) is 5.75 Å². The number of carbonyl (C=O) groups excluding carboxylic acids is 2. The van der Waals surface area contributed by atoms with Crippen LogP contribution in [-0.2, 0) is 11.2 Å². The van der Waals surface area contributed by atoms with E-state index in [2.05, 4.69) is 25.8 Å². The number of nitrogens with zero attached hydrogens (tertiary/aromatic N) is 2. The molecule has 1 aromatic heterocycles. The van der Waals surface area contributed by atoms with Crippen molar-refractivity contribution in [1.82, 2.24) is 20.7 Å². The molecule has 0 spiro atoms. The smallest absolute Gasteiger partial charge is 0.263 e. The zero-order chi connectivity index (χ0) is 21.3. The summed E-state index contributed by atoms with van der Waals surface area (Å²) in [6, 6.07) is 13.5. The van der Waals surface area contributed by atoms with E-state index in [1.807, 2.05) is 31.2 Å². The van der Waals surface area contributed by atoms with Crippen molar-refractivity contribution in [2.75, 3.05) is 7.11 Å². The predicted octanol–water partition coefficient (Wildman–Crippen LogP) is 2.22. The van der Waals surface area contributed by atoms with E-state index in [0.29, 0.717) is 17.0 Å². The minimum Gasteiger partial charge on any atom is -0.497 e. The van der Waals surface area contributed by atoms with Gasteiger partial charge < -0.3 is 15.0 Å². The molecule has 0 unspecified atom stereocenters. The molecule has 30 heavy (non-hydrogen) atoms. The summed E-state index contributed by atoms with van der Waals surface area (Å²) in [7, 11) is 1.55. The van der Waals surface area contributed by atoms with Crippen LogP contribution in [0.15, 0.2) is 66.2 Å². The Morgan fingerprint density at radius 2 is 1.90 bits per heavy atom. The molecule has 1 heterocycles. The minimum atomic E-state index is -0.838. The van der Waals surface area contributed by atoms with Gasteiger partial charge in [0.15, 0.2) is 0 Å². The Bertz CT molecular complexity index is 996. The van der Waals surface area contributed by atoms with Gasteiger partial charge in [-0.1, -0.05) is 29.8 Å². The van der Waals surface area contributed by atoms with Gasteiger partial charge in [-0.15, -0.1) is 0 Å². The largest absolute Gasteiger partial charge is 0.497 e. The molecule has 3 rings (SSSR count). The number of aromatic amines is 1. The fourth-order valence-electron chi connectivity index (χ4n) is 2.71. The highest BCUT2D eigenvalue weighted by atomic mass is 16.5. The number of aryl methyl sites for hydroxylation is 1. The van der Waals surface area contributed by atoms with Crippen molar-refractivity contribution >= 4 is 18.0 Å². The van der Waals surface area contributed by atoms with Crippen molar-refractivity contribution in [3.05, 3.63) is 83.4 Å². The van der Waals surface area contributed by atoms with Crippen LogP contribution in [0.25, 0.3) is 0 Å². The van der Waals surface area contributed by atoms with Gasteiger partial charge in [-0.05, 0) is 36.8 Å². The fraction of sp³-hybridized carbons (Fsp3) is 0.182. The molecule has 8 nitrogen and oxygen atoms in total. The quantitative estimate of drug-likeness (QED) is 0.394. The summed E-state index contributed by atoms with van der Waals surface area (Å²) in [5.41, 5.74) is 5.62. The zero-order valence-electron chi connectivity index (χ0n) is 16.8. The van der Waals surface area contributed by atoms with Crippen LogP contribution < -0.4 is 15.5 Å². The van der Waals surface area contributed by atoms with E-state index in [9.17, 15) is 9.59 Å². The molecule has 154 valence electrons. The number of carbonyl (C=O) groups is 2. The second kappa shape index (κ2) is 10.0. The van der Waals surface area contributed by atoms with Gasteiger partial charge in [-0.25, -0.2) is 10.4 Å². The molecule has 2 amide bonds. The molecular weight excluding hydrogens is 382 g/mol. The Labute approximate surface area is 174 Å². The number of aromatic nitrogens is 2. The van der Waals surface area contributed by atoms with E-state index < -0.39 is 11.9 Å². The highest BCUT2D eigenvalue weighted by Gasteiger charge is 2.22. The van der Waals surface area contributed by atoms with Crippen LogP contribution in [0.1, 0.15) is 27.2 Å². The highest BCUT2D eigenvalue weighted by Crippen LogP contribution is 2.11. The number of benzene rings is 2. The molecule has 0 aliphatic heterocycles. The molecule has 3 aromatic rings. The zero-order valence-corrected chi connectivity index (χ0v) is 16.8. The Morgan fingerprint density at radius 3 is 2.53 bits per heavy atom. The highest BCUT2D eigenvalue weighted by molar-refractivity contribution is 5.97. The average Bonchev–Trinajstić information content (AvgIpc) is 3.28. The first-order valence-electron chi connectivity index (χ1n) is 9.37. The third-order valence-corrected chi connectivity index (χ3v) is 4.42. The van der Waals surface area contributed by atoms with Gasteiger partial charge in [0, 0.05) is 23.9 Å². The van der Waals surface area contributed by atoms with Gasteiger partial charge in [0.1, 0.15) is 11.8 Å². The van der Waals surface area contributed by atoms with Crippen molar-refractivity contribution in [3.63, 3.8) is 0 Å². The number of ether oxygens (including phenoxy) is 1. The van der Waals surface area contributed by atoms with Crippen molar-refractivity contribution in [3.8, 4) is 5.75 Å².